The third-order valence-corrected chi connectivity index (χ3v) is 8.06. The van der Waals surface area contributed by atoms with E-state index in [-0.39, 0.29) is 29.4 Å². The van der Waals surface area contributed by atoms with Gasteiger partial charge in [-0.25, -0.2) is 12.7 Å². The first-order valence-electron chi connectivity index (χ1n) is 10.3. The summed E-state index contributed by atoms with van der Waals surface area (Å²) in [4.78, 5) is 29.4. The van der Waals surface area contributed by atoms with Gasteiger partial charge in [-0.15, -0.1) is 0 Å². The number of aryl methyl sites for hydroxylation is 1. The lowest BCUT2D eigenvalue weighted by Gasteiger charge is -2.18. The van der Waals surface area contributed by atoms with E-state index in [4.69, 9.17) is 14.2 Å². The molecule has 0 atom stereocenters. The van der Waals surface area contributed by atoms with Crippen molar-refractivity contribution in [2.45, 2.75) is 17.9 Å². The fraction of sp³-hybridized carbons (Fsp3) is 0.318. The van der Waals surface area contributed by atoms with Gasteiger partial charge in [-0.2, -0.15) is 4.99 Å². The van der Waals surface area contributed by atoms with E-state index in [2.05, 4.69) is 4.99 Å². The molecule has 0 saturated heterocycles. The number of amides is 1. The molecule has 1 aromatic heterocycles. The van der Waals surface area contributed by atoms with Crippen LogP contribution < -0.4 is 14.3 Å². The molecule has 0 bridgehead atoms. The Hall–Kier alpha value is -3.22. The molecule has 10 nitrogen and oxygen atoms in total. The second-order valence-electron chi connectivity index (χ2n) is 7.55. The Kier molecular flexibility index (Phi) is 6.73. The van der Waals surface area contributed by atoms with Crippen LogP contribution in [-0.4, -0.2) is 63.6 Å². The molecule has 0 N–H and O–H groups in total. The maximum absolute atomic E-state index is 12.9. The first-order chi connectivity index (χ1) is 16.2. The molecule has 0 spiro atoms. The van der Waals surface area contributed by atoms with Crippen LogP contribution in [0.15, 0.2) is 46.3 Å². The van der Waals surface area contributed by atoms with Gasteiger partial charge in [0.05, 0.1) is 28.6 Å². The number of hydrogen-bond donors (Lipinski definition) is 0. The number of rotatable bonds is 6. The Labute approximate surface area is 200 Å². The van der Waals surface area contributed by atoms with Crippen LogP contribution in [0.3, 0.4) is 0 Å². The molecular formula is C22H23N3O7S2. The lowest BCUT2D eigenvalue weighted by molar-refractivity contribution is -0.140. The van der Waals surface area contributed by atoms with Crippen molar-refractivity contribution < 1.29 is 32.2 Å². The van der Waals surface area contributed by atoms with E-state index in [1.165, 1.54) is 56.8 Å². The monoisotopic (exact) mass is 505 g/mol. The summed E-state index contributed by atoms with van der Waals surface area (Å²) in [7, 11) is 0.581. The van der Waals surface area contributed by atoms with Crippen LogP contribution in [0.4, 0.5) is 0 Å². The van der Waals surface area contributed by atoms with Crippen molar-refractivity contribution in [3.63, 3.8) is 0 Å². The van der Waals surface area contributed by atoms with Gasteiger partial charge in [0.25, 0.3) is 5.91 Å². The first kappa shape index (κ1) is 23.9. The van der Waals surface area contributed by atoms with E-state index in [1.54, 1.807) is 4.57 Å². The summed E-state index contributed by atoms with van der Waals surface area (Å²) in [6.45, 7) is 1.12. The minimum Gasteiger partial charge on any atom is -0.486 e. The van der Waals surface area contributed by atoms with Gasteiger partial charge in [-0.1, -0.05) is 11.3 Å². The number of methoxy groups -OCH3 is 1. The number of carbonyl (C=O) groups is 2. The van der Waals surface area contributed by atoms with Crippen LogP contribution in [0.2, 0.25) is 0 Å². The number of ether oxygens (including phenoxy) is 3. The van der Waals surface area contributed by atoms with Crippen LogP contribution in [-0.2, 0) is 26.1 Å². The van der Waals surface area contributed by atoms with Crippen LogP contribution in [0.5, 0.6) is 11.5 Å². The van der Waals surface area contributed by atoms with Gasteiger partial charge in [0.1, 0.15) is 13.2 Å². The van der Waals surface area contributed by atoms with Crippen molar-refractivity contribution in [2.75, 3.05) is 34.4 Å². The third-order valence-electron chi connectivity index (χ3n) is 5.19. The number of benzene rings is 2. The number of fused-ring (bicyclic) bond motifs is 2. The van der Waals surface area contributed by atoms with E-state index in [1.807, 2.05) is 12.1 Å². The third kappa shape index (κ3) is 4.69. The minimum absolute atomic E-state index is 0.0784. The largest absolute Gasteiger partial charge is 0.486 e. The highest BCUT2D eigenvalue weighted by molar-refractivity contribution is 7.89. The number of thiazole rings is 1. The molecule has 0 unspecified atom stereocenters. The van der Waals surface area contributed by atoms with Gasteiger partial charge in [0.15, 0.2) is 16.3 Å². The quantitative estimate of drug-likeness (QED) is 0.471. The Bertz CT molecular complexity index is 1420. The molecule has 4 rings (SSSR count). The number of esters is 1. The summed E-state index contributed by atoms with van der Waals surface area (Å²) in [5.74, 6) is 0.262. The van der Waals surface area contributed by atoms with E-state index in [0.29, 0.717) is 29.5 Å². The zero-order chi connectivity index (χ0) is 24.5. The average molecular weight is 506 g/mol. The van der Waals surface area contributed by atoms with Crippen molar-refractivity contribution in [3.8, 4) is 11.5 Å². The van der Waals surface area contributed by atoms with Crippen molar-refractivity contribution in [1.29, 1.82) is 0 Å². The molecule has 0 saturated carbocycles. The average Bonchev–Trinajstić information content (AvgIpc) is 3.16. The van der Waals surface area contributed by atoms with E-state index in [0.717, 1.165) is 14.5 Å². The lowest BCUT2D eigenvalue weighted by atomic mass is 10.2. The molecule has 2 aromatic carbocycles. The fourth-order valence-electron chi connectivity index (χ4n) is 3.34. The lowest BCUT2D eigenvalue weighted by Crippen LogP contribution is -2.22. The Balaban J connectivity index is 1.75. The van der Waals surface area contributed by atoms with Crippen LogP contribution in [0.25, 0.3) is 10.2 Å². The van der Waals surface area contributed by atoms with Gasteiger partial charge in [-0.05, 0) is 24.3 Å². The predicted molar refractivity (Wildman–Crippen MR) is 125 cm³/mol. The molecule has 2 heterocycles. The number of nitrogens with zero attached hydrogens (tertiary/aromatic N) is 3. The van der Waals surface area contributed by atoms with E-state index >= 15 is 0 Å². The van der Waals surface area contributed by atoms with Crippen LogP contribution in [0, 0.1) is 0 Å². The smallest absolute Gasteiger partial charge is 0.307 e. The summed E-state index contributed by atoms with van der Waals surface area (Å²) in [6, 6.07) is 9.23. The van der Waals surface area contributed by atoms with Gasteiger partial charge in [0.2, 0.25) is 10.0 Å². The molecular weight excluding hydrogens is 482 g/mol. The summed E-state index contributed by atoms with van der Waals surface area (Å²) in [6.07, 6.45) is 0.0925. The molecule has 0 fully saturated rings. The molecule has 1 amide bonds. The normalized spacial score (nSPS) is 13.9. The summed E-state index contributed by atoms with van der Waals surface area (Å²) < 4.78 is 44.3. The zero-order valence-electron chi connectivity index (χ0n) is 18.8. The molecule has 34 heavy (non-hydrogen) atoms. The van der Waals surface area contributed by atoms with Crippen LogP contribution in [0.1, 0.15) is 16.8 Å². The highest BCUT2D eigenvalue weighted by atomic mass is 32.2. The number of hydrogen-bond acceptors (Lipinski definition) is 8. The maximum atomic E-state index is 12.9. The van der Waals surface area contributed by atoms with Crippen molar-refractivity contribution in [2.24, 2.45) is 4.99 Å². The summed E-state index contributed by atoms with van der Waals surface area (Å²) in [5.41, 5.74) is 0.984. The van der Waals surface area contributed by atoms with E-state index < -0.39 is 15.9 Å². The fourth-order valence-corrected chi connectivity index (χ4v) is 5.31. The summed E-state index contributed by atoms with van der Waals surface area (Å²) in [5, 5.41) is 0. The second-order valence-corrected chi connectivity index (χ2v) is 10.7. The highest BCUT2D eigenvalue weighted by Gasteiger charge is 2.19. The van der Waals surface area contributed by atoms with E-state index in [9.17, 15) is 18.0 Å². The minimum atomic E-state index is -3.61. The molecule has 0 radical (unpaired) electrons. The Morgan fingerprint density at radius 3 is 2.38 bits per heavy atom. The molecule has 0 aliphatic carbocycles. The van der Waals surface area contributed by atoms with Gasteiger partial charge in [0, 0.05) is 38.3 Å². The van der Waals surface area contributed by atoms with Crippen LogP contribution >= 0.6 is 11.3 Å². The topological polar surface area (TPSA) is 117 Å². The van der Waals surface area contributed by atoms with Gasteiger partial charge in [-0.3, -0.25) is 9.59 Å². The predicted octanol–water partition coefficient (Wildman–Crippen LogP) is 2.03. The maximum Gasteiger partial charge on any atom is 0.307 e. The Morgan fingerprint density at radius 1 is 1.12 bits per heavy atom. The highest BCUT2D eigenvalue weighted by Crippen LogP contribution is 2.35. The Morgan fingerprint density at radius 2 is 1.76 bits per heavy atom. The standard InChI is InChI=1S/C22H23N3O7S2/c1-24(2)34(28,29)15-6-4-14(5-7-15)21(27)23-22-25(9-8-20(26)30-3)16-12-17-18(13-19(16)33-22)32-11-10-31-17/h4-7,12-13H,8-11H2,1-3H3. The molecule has 1 aliphatic heterocycles. The van der Waals surface area contributed by atoms with Crippen molar-refractivity contribution in [3.05, 3.63) is 46.8 Å². The van der Waals surface area contributed by atoms with Gasteiger partial charge >= 0.3 is 5.97 Å². The molecule has 12 heteroatoms. The first-order valence-corrected chi connectivity index (χ1v) is 12.6. The number of carbonyl (C=O) groups excluding carboxylic acids is 2. The van der Waals surface area contributed by atoms with Crippen molar-refractivity contribution in [1.82, 2.24) is 8.87 Å². The molecule has 3 aromatic rings. The van der Waals surface area contributed by atoms with Gasteiger partial charge < -0.3 is 18.8 Å². The SMILES string of the molecule is COC(=O)CCn1c(=NC(=O)c2ccc(S(=O)(=O)N(C)C)cc2)sc2cc3c(cc21)OCCO3. The molecule has 1 aliphatic rings. The molecule has 180 valence electrons. The number of sulfonamides is 1. The van der Waals surface area contributed by atoms with Crippen molar-refractivity contribution >= 4 is 43.5 Å². The number of aromatic nitrogens is 1. The summed E-state index contributed by atoms with van der Waals surface area (Å²) >= 11 is 1.28. The zero-order valence-corrected chi connectivity index (χ0v) is 20.4. The second kappa shape index (κ2) is 9.57.